The molecule has 1 saturated heterocycles. The van der Waals surface area contributed by atoms with Gasteiger partial charge in [-0.1, -0.05) is 30.3 Å². The highest BCUT2D eigenvalue weighted by atomic mass is 16.2. The van der Waals surface area contributed by atoms with Crippen LogP contribution >= 0.6 is 0 Å². The summed E-state index contributed by atoms with van der Waals surface area (Å²) in [6.07, 6.45) is 5.58. The molecule has 1 aliphatic heterocycles. The van der Waals surface area contributed by atoms with Crippen molar-refractivity contribution in [3.8, 4) is 0 Å². The van der Waals surface area contributed by atoms with E-state index in [0.717, 1.165) is 11.1 Å². The summed E-state index contributed by atoms with van der Waals surface area (Å²) in [7, 11) is 0. The molecule has 3 amide bonds. The van der Waals surface area contributed by atoms with Crippen LogP contribution in [0.25, 0.3) is 6.08 Å². The van der Waals surface area contributed by atoms with Crippen molar-refractivity contribution in [2.24, 2.45) is 0 Å². The highest BCUT2D eigenvalue weighted by molar-refractivity contribution is 6.13. The van der Waals surface area contributed by atoms with E-state index in [0.29, 0.717) is 18.7 Å². The van der Waals surface area contributed by atoms with Gasteiger partial charge in [-0.05, 0) is 35.8 Å². The van der Waals surface area contributed by atoms with Crippen LogP contribution in [-0.4, -0.2) is 28.4 Å². The molecular weight excluding hydrogens is 278 g/mol. The number of nitrogens with one attached hydrogen (secondary N) is 1. The molecule has 1 aromatic heterocycles. The molecule has 0 unspecified atom stereocenters. The van der Waals surface area contributed by atoms with Gasteiger partial charge in [0.1, 0.15) is 5.70 Å². The Kier molecular flexibility index (Phi) is 3.96. The number of aromatic nitrogens is 1. The van der Waals surface area contributed by atoms with Crippen LogP contribution in [-0.2, 0) is 11.2 Å². The summed E-state index contributed by atoms with van der Waals surface area (Å²) in [6, 6.07) is 13.0. The molecule has 2 heterocycles. The largest absolute Gasteiger partial charge is 0.329 e. The first-order valence-electron chi connectivity index (χ1n) is 7.02. The second-order valence-electron chi connectivity index (χ2n) is 4.96. The SMILES string of the molecule is O=C1N/C(=C/c2ccncc2)C(=O)N1CCc1ccccc1. The first kappa shape index (κ1) is 14.0. The summed E-state index contributed by atoms with van der Waals surface area (Å²) in [5, 5.41) is 2.62. The Labute approximate surface area is 128 Å². The lowest BCUT2D eigenvalue weighted by atomic mass is 10.1. The summed E-state index contributed by atoms with van der Waals surface area (Å²) in [5.74, 6) is -0.294. The smallest absolute Gasteiger partial charge is 0.303 e. The van der Waals surface area contributed by atoms with Crippen LogP contribution in [0.4, 0.5) is 4.79 Å². The van der Waals surface area contributed by atoms with Gasteiger partial charge in [-0.2, -0.15) is 0 Å². The number of carbonyl (C=O) groups excluding carboxylic acids is 2. The average molecular weight is 293 g/mol. The Morgan fingerprint density at radius 1 is 1.05 bits per heavy atom. The van der Waals surface area contributed by atoms with E-state index >= 15 is 0 Å². The van der Waals surface area contributed by atoms with Crippen molar-refractivity contribution in [3.63, 3.8) is 0 Å². The standard InChI is InChI=1S/C17H15N3O2/c21-16-15(12-14-6-9-18-10-7-14)19-17(22)20(16)11-8-13-4-2-1-3-5-13/h1-7,9-10,12H,8,11H2,(H,19,22)/b15-12+. The average Bonchev–Trinajstić information content (AvgIpc) is 2.81. The zero-order chi connectivity index (χ0) is 15.4. The van der Waals surface area contributed by atoms with Crippen molar-refractivity contribution in [1.29, 1.82) is 0 Å². The molecular formula is C17H15N3O2. The van der Waals surface area contributed by atoms with E-state index in [4.69, 9.17) is 0 Å². The van der Waals surface area contributed by atoms with Gasteiger partial charge in [0.2, 0.25) is 0 Å². The maximum Gasteiger partial charge on any atom is 0.329 e. The monoisotopic (exact) mass is 293 g/mol. The lowest BCUT2D eigenvalue weighted by molar-refractivity contribution is -0.122. The second kappa shape index (κ2) is 6.22. The van der Waals surface area contributed by atoms with Crippen molar-refractivity contribution < 1.29 is 9.59 Å². The Hall–Kier alpha value is -2.95. The Morgan fingerprint density at radius 3 is 2.50 bits per heavy atom. The molecule has 1 aliphatic rings. The lowest BCUT2D eigenvalue weighted by Gasteiger charge is -2.11. The molecule has 3 rings (SSSR count). The fraction of sp³-hybridized carbons (Fsp3) is 0.118. The highest BCUT2D eigenvalue weighted by Gasteiger charge is 2.32. The number of urea groups is 1. The molecule has 110 valence electrons. The number of hydrogen-bond donors (Lipinski definition) is 1. The van der Waals surface area contributed by atoms with Crippen LogP contribution in [0.5, 0.6) is 0 Å². The van der Waals surface area contributed by atoms with Gasteiger partial charge >= 0.3 is 6.03 Å². The van der Waals surface area contributed by atoms with E-state index in [1.165, 1.54) is 4.90 Å². The maximum atomic E-state index is 12.3. The molecule has 0 spiro atoms. The van der Waals surface area contributed by atoms with Crippen molar-refractivity contribution in [2.75, 3.05) is 6.54 Å². The molecule has 1 aromatic carbocycles. The van der Waals surface area contributed by atoms with Gasteiger partial charge in [0.05, 0.1) is 0 Å². The van der Waals surface area contributed by atoms with Crippen LogP contribution in [0, 0.1) is 0 Å². The fourth-order valence-electron chi connectivity index (χ4n) is 2.29. The molecule has 0 bridgehead atoms. The van der Waals surface area contributed by atoms with Crippen LogP contribution in [0.3, 0.4) is 0 Å². The van der Waals surface area contributed by atoms with Gasteiger partial charge in [0.25, 0.3) is 5.91 Å². The van der Waals surface area contributed by atoms with Gasteiger partial charge < -0.3 is 5.32 Å². The molecule has 0 atom stereocenters. The molecule has 22 heavy (non-hydrogen) atoms. The van der Waals surface area contributed by atoms with Crippen molar-refractivity contribution in [1.82, 2.24) is 15.2 Å². The summed E-state index contributed by atoms with van der Waals surface area (Å²) < 4.78 is 0. The zero-order valence-corrected chi connectivity index (χ0v) is 11.9. The Balaban J connectivity index is 1.71. The van der Waals surface area contributed by atoms with Crippen molar-refractivity contribution in [2.45, 2.75) is 6.42 Å². The van der Waals surface area contributed by atoms with Gasteiger partial charge in [0.15, 0.2) is 0 Å². The van der Waals surface area contributed by atoms with E-state index in [-0.39, 0.29) is 11.9 Å². The number of carbonyl (C=O) groups is 2. The summed E-state index contributed by atoms with van der Waals surface area (Å²) >= 11 is 0. The summed E-state index contributed by atoms with van der Waals surface area (Å²) in [5.41, 5.74) is 2.21. The first-order valence-corrected chi connectivity index (χ1v) is 7.02. The molecule has 5 nitrogen and oxygen atoms in total. The number of rotatable bonds is 4. The highest BCUT2D eigenvalue weighted by Crippen LogP contribution is 2.14. The molecule has 0 saturated carbocycles. The molecule has 0 aliphatic carbocycles. The third kappa shape index (κ3) is 3.03. The van der Waals surface area contributed by atoms with E-state index in [1.807, 2.05) is 30.3 Å². The van der Waals surface area contributed by atoms with Crippen LogP contribution in [0.2, 0.25) is 0 Å². The van der Waals surface area contributed by atoms with Gasteiger partial charge in [0, 0.05) is 18.9 Å². The van der Waals surface area contributed by atoms with Gasteiger partial charge in [-0.25, -0.2) is 4.79 Å². The topological polar surface area (TPSA) is 62.3 Å². The zero-order valence-electron chi connectivity index (χ0n) is 11.9. The van der Waals surface area contributed by atoms with Crippen molar-refractivity contribution >= 4 is 18.0 Å². The number of pyridine rings is 1. The van der Waals surface area contributed by atoms with Gasteiger partial charge in [-0.3, -0.25) is 14.7 Å². The van der Waals surface area contributed by atoms with Gasteiger partial charge in [-0.15, -0.1) is 0 Å². The van der Waals surface area contributed by atoms with Crippen LogP contribution in [0.15, 0.2) is 60.6 Å². The molecule has 1 fully saturated rings. The minimum absolute atomic E-state index is 0.294. The number of hydrogen-bond acceptors (Lipinski definition) is 3. The van der Waals surface area contributed by atoms with E-state index < -0.39 is 0 Å². The quantitative estimate of drug-likeness (QED) is 0.694. The molecule has 1 N–H and O–H groups in total. The summed E-state index contributed by atoms with van der Waals surface area (Å²) in [6.45, 7) is 0.363. The lowest BCUT2D eigenvalue weighted by Crippen LogP contribution is -2.32. The molecule has 2 aromatic rings. The number of imide groups is 1. The van der Waals surface area contributed by atoms with E-state index in [1.54, 1.807) is 30.6 Å². The number of benzene rings is 1. The molecule has 5 heteroatoms. The Bertz CT molecular complexity index is 711. The fourth-order valence-corrected chi connectivity index (χ4v) is 2.29. The minimum atomic E-state index is -0.374. The number of amides is 3. The first-order chi connectivity index (χ1) is 10.7. The summed E-state index contributed by atoms with van der Waals surface area (Å²) in [4.78, 5) is 29.4. The van der Waals surface area contributed by atoms with Crippen LogP contribution < -0.4 is 5.32 Å². The third-order valence-corrected chi connectivity index (χ3v) is 3.45. The second-order valence-corrected chi connectivity index (χ2v) is 4.96. The third-order valence-electron chi connectivity index (χ3n) is 3.45. The normalized spacial score (nSPS) is 16.2. The maximum absolute atomic E-state index is 12.3. The van der Waals surface area contributed by atoms with Crippen molar-refractivity contribution in [3.05, 3.63) is 71.7 Å². The van der Waals surface area contributed by atoms with Crippen LogP contribution in [0.1, 0.15) is 11.1 Å². The number of nitrogens with zero attached hydrogens (tertiary/aromatic N) is 2. The minimum Gasteiger partial charge on any atom is -0.303 e. The Morgan fingerprint density at radius 2 is 1.77 bits per heavy atom. The van der Waals surface area contributed by atoms with E-state index in [2.05, 4.69) is 10.3 Å². The molecule has 0 radical (unpaired) electrons. The predicted molar refractivity (Wildman–Crippen MR) is 82.6 cm³/mol. The predicted octanol–water partition coefficient (Wildman–Crippen LogP) is 2.22. The van der Waals surface area contributed by atoms with E-state index in [9.17, 15) is 9.59 Å².